The Morgan fingerprint density at radius 1 is 1.61 bits per heavy atom. The number of aryl methyl sites for hydroxylation is 1. The van der Waals surface area contributed by atoms with Crippen LogP contribution in [0.4, 0.5) is 11.5 Å². The van der Waals surface area contributed by atoms with Crippen LogP contribution in [0.5, 0.6) is 0 Å². The van der Waals surface area contributed by atoms with Crippen LogP contribution >= 0.6 is 0 Å². The highest BCUT2D eigenvalue weighted by Crippen LogP contribution is 2.33. The van der Waals surface area contributed by atoms with Crippen LogP contribution in [0.2, 0.25) is 0 Å². The molecule has 0 bridgehead atoms. The Morgan fingerprint density at radius 2 is 2.33 bits per heavy atom. The van der Waals surface area contributed by atoms with Crippen molar-refractivity contribution in [2.75, 3.05) is 11.4 Å². The van der Waals surface area contributed by atoms with Crippen LogP contribution in [0.1, 0.15) is 26.2 Å². The van der Waals surface area contributed by atoms with Crippen molar-refractivity contribution < 1.29 is 4.92 Å². The minimum Gasteiger partial charge on any atom is -0.342 e. The highest BCUT2D eigenvalue weighted by atomic mass is 16.6. The van der Waals surface area contributed by atoms with E-state index in [1.54, 1.807) is 7.05 Å². The van der Waals surface area contributed by atoms with Crippen molar-refractivity contribution in [1.82, 2.24) is 9.78 Å². The fraction of sp³-hybridized carbons (Fsp3) is 0.727. The van der Waals surface area contributed by atoms with Gasteiger partial charge in [0.05, 0.1) is 4.92 Å². The lowest BCUT2D eigenvalue weighted by molar-refractivity contribution is -0.384. The van der Waals surface area contributed by atoms with Gasteiger partial charge in [-0.05, 0) is 26.2 Å². The van der Waals surface area contributed by atoms with Crippen LogP contribution < -0.4 is 10.6 Å². The summed E-state index contributed by atoms with van der Waals surface area (Å²) in [7, 11) is 1.70. The summed E-state index contributed by atoms with van der Waals surface area (Å²) in [5.74, 6) is 0.449. The molecule has 0 amide bonds. The molecule has 18 heavy (non-hydrogen) atoms. The standard InChI is InChI=1S/C11H19N5O2/c1-8-4-3-5-9(6-12)15(8)11-10(16(17)18)7-14(2)13-11/h7-9H,3-6,12H2,1-2H3. The van der Waals surface area contributed by atoms with Gasteiger partial charge in [-0.2, -0.15) is 0 Å². The number of aromatic nitrogens is 2. The Kier molecular flexibility index (Phi) is 3.51. The summed E-state index contributed by atoms with van der Waals surface area (Å²) in [4.78, 5) is 12.7. The molecule has 1 aliphatic heterocycles. The van der Waals surface area contributed by atoms with Gasteiger partial charge in [-0.3, -0.25) is 14.8 Å². The smallest absolute Gasteiger partial charge is 0.330 e. The molecule has 1 saturated heterocycles. The molecule has 2 heterocycles. The summed E-state index contributed by atoms with van der Waals surface area (Å²) in [6.07, 6.45) is 4.54. The molecule has 100 valence electrons. The third-order valence-corrected chi connectivity index (χ3v) is 3.53. The number of hydrogen-bond acceptors (Lipinski definition) is 5. The number of hydrogen-bond donors (Lipinski definition) is 1. The second kappa shape index (κ2) is 4.93. The lowest BCUT2D eigenvalue weighted by Crippen LogP contribution is -2.49. The zero-order valence-electron chi connectivity index (χ0n) is 10.7. The van der Waals surface area contributed by atoms with Gasteiger partial charge in [0.25, 0.3) is 0 Å². The van der Waals surface area contributed by atoms with Crippen LogP contribution in [0.25, 0.3) is 0 Å². The molecule has 7 nitrogen and oxygen atoms in total. The number of nitrogens with two attached hydrogens (primary N) is 1. The average molecular weight is 253 g/mol. The van der Waals surface area contributed by atoms with E-state index in [1.807, 2.05) is 4.90 Å². The molecule has 2 rings (SSSR count). The molecule has 1 aromatic heterocycles. The minimum atomic E-state index is -0.378. The number of rotatable bonds is 3. The van der Waals surface area contributed by atoms with E-state index in [1.165, 1.54) is 10.9 Å². The van der Waals surface area contributed by atoms with Crippen LogP contribution in [0.15, 0.2) is 6.20 Å². The summed E-state index contributed by atoms with van der Waals surface area (Å²) in [6, 6.07) is 0.378. The SMILES string of the molecule is CC1CCCC(CN)N1c1nn(C)cc1[N+](=O)[O-]. The normalized spacial score (nSPS) is 24.3. The average Bonchev–Trinajstić information content (AvgIpc) is 2.70. The number of nitrogens with zero attached hydrogens (tertiary/aromatic N) is 4. The highest BCUT2D eigenvalue weighted by Gasteiger charge is 2.34. The van der Waals surface area contributed by atoms with Gasteiger partial charge in [-0.1, -0.05) is 0 Å². The van der Waals surface area contributed by atoms with Gasteiger partial charge in [0.1, 0.15) is 6.20 Å². The molecule has 0 saturated carbocycles. The number of anilines is 1. The lowest BCUT2D eigenvalue weighted by atomic mass is 9.96. The lowest BCUT2D eigenvalue weighted by Gasteiger charge is -2.40. The van der Waals surface area contributed by atoms with Crippen LogP contribution in [-0.2, 0) is 7.05 Å². The van der Waals surface area contributed by atoms with E-state index in [0.29, 0.717) is 12.4 Å². The minimum absolute atomic E-state index is 0.0599. The molecule has 1 aromatic rings. The Morgan fingerprint density at radius 3 is 2.94 bits per heavy atom. The monoisotopic (exact) mass is 253 g/mol. The fourth-order valence-corrected chi connectivity index (χ4v) is 2.68. The molecular formula is C11H19N5O2. The molecule has 2 atom stereocenters. The predicted molar refractivity (Wildman–Crippen MR) is 68.5 cm³/mol. The van der Waals surface area contributed by atoms with Crippen molar-refractivity contribution in [2.24, 2.45) is 12.8 Å². The van der Waals surface area contributed by atoms with Crippen molar-refractivity contribution in [3.05, 3.63) is 16.3 Å². The Labute approximate surface area is 106 Å². The fourth-order valence-electron chi connectivity index (χ4n) is 2.68. The Bertz CT molecular complexity index is 445. The molecule has 1 aliphatic rings. The van der Waals surface area contributed by atoms with Crippen molar-refractivity contribution in [3.8, 4) is 0 Å². The van der Waals surface area contributed by atoms with E-state index in [-0.39, 0.29) is 22.7 Å². The van der Waals surface area contributed by atoms with Crippen LogP contribution in [0.3, 0.4) is 0 Å². The molecule has 2 unspecified atom stereocenters. The van der Waals surface area contributed by atoms with Crippen molar-refractivity contribution in [2.45, 2.75) is 38.3 Å². The first-order valence-electron chi connectivity index (χ1n) is 6.21. The Hall–Kier alpha value is -1.63. The topological polar surface area (TPSA) is 90.2 Å². The van der Waals surface area contributed by atoms with E-state index >= 15 is 0 Å². The molecular weight excluding hydrogens is 234 g/mol. The molecule has 1 fully saturated rings. The van der Waals surface area contributed by atoms with Gasteiger partial charge in [-0.15, -0.1) is 5.10 Å². The third kappa shape index (κ3) is 2.17. The second-order valence-corrected chi connectivity index (χ2v) is 4.85. The molecule has 7 heteroatoms. The molecule has 0 spiro atoms. The largest absolute Gasteiger partial charge is 0.342 e. The van der Waals surface area contributed by atoms with E-state index in [9.17, 15) is 10.1 Å². The number of piperidine rings is 1. The third-order valence-electron chi connectivity index (χ3n) is 3.53. The zero-order valence-corrected chi connectivity index (χ0v) is 10.7. The number of nitro groups is 1. The summed E-state index contributed by atoms with van der Waals surface area (Å²) >= 11 is 0. The van der Waals surface area contributed by atoms with Gasteiger partial charge in [0.15, 0.2) is 0 Å². The van der Waals surface area contributed by atoms with Crippen LogP contribution in [-0.4, -0.2) is 33.3 Å². The van der Waals surface area contributed by atoms with E-state index in [2.05, 4.69) is 12.0 Å². The quantitative estimate of drug-likeness (QED) is 0.642. The van der Waals surface area contributed by atoms with E-state index < -0.39 is 0 Å². The molecule has 0 aromatic carbocycles. The van der Waals surface area contributed by atoms with Crippen molar-refractivity contribution in [1.29, 1.82) is 0 Å². The maximum Gasteiger partial charge on any atom is 0.330 e. The van der Waals surface area contributed by atoms with Crippen molar-refractivity contribution >= 4 is 11.5 Å². The summed E-state index contributed by atoms with van der Waals surface area (Å²) in [5.41, 5.74) is 5.84. The first-order chi connectivity index (χ1) is 8.54. The van der Waals surface area contributed by atoms with E-state index in [4.69, 9.17) is 5.73 Å². The van der Waals surface area contributed by atoms with Crippen LogP contribution in [0, 0.1) is 10.1 Å². The van der Waals surface area contributed by atoms with Gasteiger partial charge >= 0.3 is 5.69 Å². The highest BCUT2D eigenvalue weighted by molar-refractivity contribution is 5.58. The zero-order chi connectivity index (χ0) is 13.3. The molecule has 0 radical (unpaired) electrons. The summed E-state index contributed by atoms with van der Waals surface area (Å²) < 4.78 is 1.49. The van der Waals surface area contributed by atoms with Gasteiger partial charge < -0.3 is 10.6 Å². The van der Waals surface area contributed by atoms with Crippen molar-refractivity contribution in [3.63, 3.8) is 0 Å². The summed E-state index contributed by atoms with van der Waals surface area (Å²) in [5, 5.41) is 15.3. The first kappa shape index (κ1) is 12.8. The van der Waals surface area contributed by atoms with Gasteiger partial charge in [0, 0.05) is 25.7 Å². The summed E-state index contributed by atoms with van der Waals surface area (Å²) in [6.45, 7) is 2.57. The Balaban J connectivity index is 2.41. The van der Waals surface area contributed by atoms with Gasteiger partial charge in [0.2, 0.25) is 5.82 Å². The second-order valence-electron chi connectivity index (χ2n) is 4.85. The van der Waals surface area contributed by atoms with E-state index in [0.717, 1.165) is 19.3 Å². The first-order valence-corrected chi connectivity index (χ1v) is 6.21. The maximum absolute atomic E-state index is 11.1. The predicted octanol–water partition coefficient (Wildman–Crippen LogP) is 1.03. The molecule has 2 N–H and O–H groups in total. The molecule has 0 aliphatic carbocycles. The van der Waals surface area contributed by atoms with Gasteiger partial charge in [-0.25, -0.2) is 0 Å². The maximum atomic E-state index is 11.1.